The first-order valence-corrected chi connectivity index (χ1v) is 6.53. The van der Waals surface area contributed by atoms with E-state index in [0.29, 0.717) is 11.2 Å². The van der Waals surface area contributed by atoms with Crippen LogP contribution in [0.3, 0.4) is 0 Å². The van der Waals surface area contributed by atoms with Gasteiger partial charge in [-0.25, -0.2) is 0 Å². The molecule has 1 aromatic rings. The Morgan fingerprint density at radius 2 is 1.76 bits per heavy atom. The maximum Gasteiger partial charge on any atom is 0.259 e. The Kier molecular flexibility index (Phi) is 3.00. The van der Waals surface area contributed by atoms with Gasteiger partial charge in [0.15, 0.2) is 0 Å². The van der Waals surface area contributed by atoms with Crippen LogP contribution in [0.5, 0.6) is 11.8 Å². The number of primary amides is 1. The molecular formula is C13H15N3O5. The van der Waals surface area contributed by atoms with Crippen LogP contribution in [0.15, 0.2) is 24.3 Å². The first-order valence-electron chi connectivity index (χ1n) is 6.53. The number of fused-ring (bicyclic) bond motifs is 2. The van der Waals surface area contributed by atoms with E-state index in [1.54, 1.807) is 0 Å². The molecule has 0 radical (unpaired) electrons. The summed E-state index contributed by atoms with van der Waals surface area (Å²) < 4.78 is 0.653. The number of nitrogens with zero attached hydrogens (tertiary/aromatic N) is 1. The first kappa shape index (κ1) is 13.3. The van der Waals surface area contributed by atoms with Gasteiger partial charge in [-0.15, -0.1) is 0 Å². The van der Waals surface area contributed by atoms with Crippen LogP contribution in [0.25, 0.3) is 0 Å². The van der Waals surface area contributed by atoms with Gasteiger partial charge in [0, 0.05) is 12.1 Å². The zero-order valence-electron chi connectivity index (χ0n) is 11.0. The largest absolute Gasteiger partial charge is 0.492 e. The van der Waals surface area contributed by atoms with Crippen molar-refractivity contribution in [3.8, 4) is 11.8 Å². The number of rotatable bonds is 4. The monoisotopic (exact) mass is 293 g/mol. The lowest BCUT2D eigenvalue weighted by Gasteiger charge is -2.24. The van der Waals surface area contributed by atoms with Crippen molar-refractivity contribution in [2.75, 3.05) is 0 Å². The number of aromatic hydroxyl groups is 2. The lowest BCUT2D eigenvalue weighted by Crippen LogP contribution is -2.45. The van der Waals surface area contributed by atoms with E-state index < -0.39 is 23.7 Å². The van der Waals surface area contributed by atoms with Gasteiger partial charge in [-0.05, 0) is 18.3 Å². The molecule has 2 bridgehead atoms. The number of hydrogen-bond acceptors (Lipinski definition) is 5. The summed E-state index contributed by atoms with van der Waals surface area (Å²) in [5.74, 6) is -2.99. The minimum Gasteiger partial charge on any atom is -0.492 e. The third-order valence-corrected chi connectivity index (χ3v) is 4.13. The summed E-state index contributed by atoms with van der Waals surface area (Å²) >= 11 is 0. The Balaban J connectivity index is 1.71. The Bertz CT molecular complexity index is 604. The van der Waals surface area contributed by atoms with Crippen molar-refractivity contribution < 1.29 is 24.7 Å². The van der Waals surface area contributed by atoms with Gasteiger partial charge in [0.1, 0.15) is 0 Å². The lowest BCUT2D eigenvalue weighted by molar-refractivity contribution is -0.144. The molecule has 0 saturated heterocycles. The molecule has 1 saturated carbocycles. The van der Waals surface area contributed by atoms with Crippen LogP contribution >= 0.6 is 0 Å². The van der Waals surface area contributed by atoms with Crippen molar-refractivity contribution >= 4 is 11.8 Å². The third kappa shape index (κ3) is 2.08. The van der Waals surface area contributed by atoms with Gasteiger partial charge in [0.25, 0.3) is 5.91 Å². The average molecular weight is 293 g/mol. The maximum atomic E-state index is 12.2. The Morgan fingerprint density at radius 3 is 2.33 bits per heavy atom. The average Bonchev–Trinajstić information content (AvgIpc) is 3.12. The molecule has 8 heteroatoms. The molecule has 112 valence electrons. The molecule has 0 aliphatic heterocycles. The fraction of sp³-hybridized carbons (Fsp3) is 0.385. The van der Waals surface area contributed by atoms with Crippen molar-refractivity contribution in [2.45, 2.75) is 6.42 Å². The molecule has 8 nitrogen and oxygen atoms in total. The molecule has 2 aliphatic carbocycles. The molecule has 1 heterocycles. The molecule has 0 spiro atoms. The number of aromatic nitrogens is 1. The number of hydroxylamine groups is 1. The molecule has 0 aromatic carbocycles. The number of hydrogen-bond donors (Lipinski definition) is 4. The van der Waals surface area contributed by atoms with Gasteiger partial charge in [-0.2, -0.15) is 5.48 Å². The van der Waals surface area contributed by atoms with Gasteiger partial charge < -0.3 is 15.9 Å². The highest BCUT2D eigenvalue weighted by molar-refractivity contribution is 5.88. The van der Waals surface area contributed by atoms with Crippen LogP contribution in [0.2, 0.25) is 0 Å². The second-order valence-electron chi connectivity index (χ2n) is 5.30. The van der Waals surface area contributed by atoms with Crippen LogP contribution < -0.4 is 16.2 Å². The number of allylic oxidation sites excluding steroid dienone is 2. The third-order valence-electron chi connectivity index (χ3n) is 4.13. The highest BCUT2D eigenvalue weighted by Gasteiger charge is 2.51. The topological polar surface area (TPSA) is 127 Å². The Morgan fingerprint density at radius 1 is 1.19 bits per heavy atom. The van der Waals surface area contributed by atoms with Crippen molar-refractivity contribution in [1.29, 1.82) is 0 Å². The maximum absolute atomic E-state index is 12.2. The van der Waals surface area contributed by atoms with Crippen molar-refractivity contribution in [3.05, 3.63) is 24.3 Å². The highest BCUT2D eigenvalue weighted by Crippen LogP contribution is 2.47. The van der Waals surface area contributed by atoms with E-state index >= 15 is 0 Å². The number of carbonyl (C=O) groups excluding carboxylic acids is 2. The molecule has 1 aromatic heterocycles. The van der Waals surface area contributed by atoms with E-state index in [-0.39, 0.29) is 23.6 Å². The van der Waals surface area contributed by atoms with E-state index in [2.05, 4.69) is 5.48 Å². The van der Waals surface area contributed by atoms with Crippen LogP contribution in [-0.4, -0.2) is 26.8 Å². The van der Waals surface area contributed by atoms with Crippen LogP contribution in [0, 0.1) is 23.7 Å². The summed E-state index contributed by atoms with van der Waals surface area (Å²) in [5, 5.41) is 18.8. The Hall–Kier alpha value is -2.64. The molecule has 5 N–H and O–H groups in total. The molecule has 3 rings (SSSR count). The standard InChI is InChI=1S/C13H15N3O5/c14-12(19)10-6-1-2-7(5-6)11(10)13(20)15-21-16-8(17)3-4-9(16)18/h1-4,6-7,10-11,17-18H,5H2,(H2,14,19)(H,15,20). The minimum absolute atomic E-state index is 0.0170. The predicted octanol–water partition coefficient (Wildman–Crippen LogP) is -0.717. The lowest BCUT2D eigenvalue weighted by atomic mass is 9.82. The molecular weight excluding hydrogens is 278 g/mol. The van der Waals surface area contributed by atoms with Gasteiger partial charge in [-0.1, -0.05) is 16.9 Å². The molecule has 2 aliphatic rings. The number of carbonyl (C=O) groups is 2. The van der Waals surface area contributed by atoms with E-state index in [1.807, 2.05) is 12.2 Å². The quantitative estimate of drug-likeness (QED) is 0.430. The molecule has 4 unspecified atom stereocenters. The SMILES string of the molecule is NC(=O)C1C2C=CC(C2)C1C(=O)NOn1c(O)ccc1O. The summed E-state index contributed by atoms with van der Waals surface area (Å²) in [6.45, 7) is 0. The Labute approximate surface area is 119 Å². The van der Waals surface area contributed by atoms with Gasteiger partial charge in [0.2, 0.25) is 17.7 Å². The second kappa shape index (κ2) is 4.72. The number of amides is 2. The van der Waals surface area contributed by atoms with E-state index in [1.165, 1.54) is 12.1 Å². The minimum atomic E-state index is -0.600. The summed E-state index contributed by atoms with van der Waals surface area (Å²) in [6, 6.07) is 2.40. The summed E-state index contributed by atoms with van der Waals surface area (Å²) in [7, 11) is 0. The highest BCUT2D eigenvalue weighted by atomic mass is 16.8. The summed E-state index contributed by atoms with van der Waals surface area (Å²) in [5.41, 5.74) is 7.51. The molecule has 1 fully saturated rings. The van der Waals surface area contributed by atoms with Crippen LogP contribution in [0.1, 0.15) is 6.42 Å². The summed E-state index contributed by atoms with van der Waals surface area (Å²) in [6.07, 6.45) is 4.53. The second-order valence-corrected chi connectivity index (χ2v) is 5.30. The van der Waals surface area contributed by atoms with Crippen molar-refractivity contribution in [3.63, 3.8) is 0 Å². The number of nitrogens with two attached hydrogens (primary N) is 1. The first-order chi connectivity index (χ1) is 9.99. The molecule has 2 amide bonds. The fourth-order valence-electron chi connectivity index (χ4n) is 3.22. The van der Waals surface area contributed by atoms with E-state index in [0.717, 1.165) is 0 Å². The normalized spacial score (nSPS) is 29.5. The predicted molar refractivity (Wildman–Crippen MR) is 69.4 cm³/mol. The van der Waals surface area contributed by atoms with Gasteiger partial charge in [-0.3, -0.25) is 14.5 Å². The van der Waals surface area contributed by atoms with Crippen molar-refractivity contribution in [1.82, 2.24) is 10.2 Å². The summed E-state index contributed by atoms with van der Waals surface area (Å²) in [4.78, 5) is 28.6. The fourth-order valence-corrected chi connectivity index (χ4v) is 3.22. The van der Waals surface area contributed by atoms with Crippen LogP contribution in [0.4, 0.5) is 0 Å². The van der Waals surface area contributed by atoms with E-state index in [4.69, 9.17) is 10.7 Å². The number of nitrogens with one attached hydrogen (secondary N) is 1. The zero-order chi connectivity index (χ0) is 15.1. The van der Waals surface area contributed by atoms with Gasteiger partial charge >= 0.3 is 0 Å². The smallest absolute Gasteiger partial charge is 0.259 e. The zero-order valence-corrected chi connectivity index (χ0v) is 11.0. The van der Waals surface area contributed by atoms with Crippen LogP contribution in [-0.2, 0) is 9.59 Å². The molecule has 4 atom stereocenters. The molecule has 21 heavy (non-hydrogen) atoms. The van der Waals surface area contributed by atoms with Gasteiger partial charge in [0.05, 0.1) is 11.8 Å². The van der Waals surface area contributed by atoms with E-state index in [9.17, 15) is 19.8 Å². The van der Waals surface area contributed by atoms with Crippen molar-refractivity contribution in [2.24, 2.45) is 29.4 Å².